The number of hydrogen-bond acceptors (Lipinski definition) is 10. The minimum absolute atomic E-state index is 0.0254. The quantitative estimate of drug-likeness (QED) is 0.0891. The van der Waals surface area contributed by atoms with Crippen molar-refractivity contribution in [2.45, 2.75) is 76.4 Å². The molecule has 0 radical (unpaired) electrons. The average molecular weight is 871 g/mol. The largest absolute Gasteiger partial charge is 0.489 e. The number of piperidine rings is 2. The fraction of sp³-hybridized carbons (Fsp3) is 0.462. The molecule has 2 fully saturated rings. The highest BCUT2D eigenvalue weighted by Gasteiger charge is 2.32. The van der Waals surface area contributed by atoms with Crippen LogP contribution < -0.4 is 19.3 Å². The summed E-state index contributed by atoms with van der Waals surface area (Å²) < 4.78 is 24.9. The van der Waals surface area contributed by atoms with Crippen LogP contribution in [0.25, 0.3) is 0 Å². The molecule has 2 unspecified atom stereocenters. The molecule has 0 saturated carbocycles. The molecule has 338 valence electrons. The number of rotatable bonds is 16. The van der Waals surface area contributed by atoms with E-state index in [4.69, 9.17) is 18.9 Å². The first-order chi connectivity index (χ1) is 31.2. The Morgan fingerprint density at radius 1 is 0.531 bits per heavy atom. The zero-order valence-corrected chi connectivity index (χ0v) is 37.3. The van der Waals surface area contributed by atoms with Crippen molar-refractivity contribution >= 4 is 35.1 Å². The molecule has 64 heavy (non-hydrogen) atoms. The van der Waals surface area contributed by atoms with Gasteiger partial charge in [-0.3, -0.25) is 19.4 Å². The molecule has 2 atom stereocenters. The summed E-state index contributed by atoms with van der Waals surface area (Å²) >= 11 is 0. The van der Waals surface area contributed by atoms with Crippen molar-refractivity contribution in [1.82, 2.24) is 9.80 Å². The van der Waals surface area contributed by atoms with Gasteiger partial charge in [0.2, 0.25) is 11.8 Å². The van der Waals surface area contributed by atoms with E-state index in [-0.39, 0.29) is 25.0 Å². The molecule has 0 bridgehead atoms. The van der Waals surface area contributed by atoms with E-state index in [9.17, 15) is 19.2 Å². The van der Waals surface area contributed by atoms with Crippen molar-refractivity contribution in [3.8, 4) is 11.5 Å². The molecule has 0 aliphatic carbocycles. The zero-order chi connectivity index (χ0) is 44.4. The summed E-state index contributed by atoms with van der Waals surface area (Å²) in [4.78, 5) is 60.5. The monoisotopic (exact) mass is 870 g/mol. The van der Waals surface area contributed by atoms with Gasteiger partial charge in [0.05, 0.1) is 11.4 Å². The van der Waals surface area contributed by atoms with E-state index in [0.717, 1.165) is 87.2 Å². The maximum atomic E-state index is 13.8. The maximum absolute atomic E-state index is 13.8. The number of esters is 2. The third kappa shape index (κ3) is 11.5. The highest BCUT2D eigenvalue weighted by molar-refractivity contribution is 6.29. The van der Waals surface area contributed by atoms with Gasteiger partial charge in [-0.25, -0.2) is 9.59 Å². The average Bonchev–Trinajstić information content (AvgIpc) is 3.31. The molecular formula is C52H62N4O8. The minimum Gasteiger partial charge on any atom is -0.489 e. The van der Waals surface area contributed by atoms with Crippen LogP contribution >= 0.6 is 0 Å². The van der Waals surface area contributed by atoms with E-state index in [2.05, 4.69) is 58.3 Å². The molecule has 2 saturated heterocycles. The first kappa shape index (κ1) is 44.9. The van der Waals surface area contributed by atoms with Crippen LogP contribution in [0.2, 0.25) is 0 Å². The first-order valence-corrected chi connectivity index (χ1v) is 23.1. The number of amides is 2. The Morgan fingerprint density at radius 2 is 0.922 bits per heavy atom. The second-order valence-electron chi connectivity index (χ2n) is 18.0. The zero-order valence-electron chi connectivity index (χ0n) is 37.3. The molecule has 4 aromatic carbocycles. The molecule has 12 heteroatoms. The fourth-order valence-corrected chi connectivity index (χ4v) is 9.81. The Bertz CT molecular complexity index is 2060. The van der Waals surface area contributed by atoms with Gasteiger partial charge in [-0.1, -0.05) is 72.8 Å². The van der Waals surface area contributed by atoms with Gasteiger partial charge in [-0.2, -0.15) is 0 Å². The molecule has 12 nitrogen and oxygen atoms in total. The molecule has 2 amide bonds. The lowest BCUT2D eigenvalue weighted by Crippen LogP contribution is -2.45. The summed E-state index contributed by atoms with van der Waals surface area (Å²) in [6, 6.07) is 32.4. The summed E-state index contributed by atoms with van der Waals surface area (Å²) in [6.45, 7) is 4.16. The molecule has 4 aromatic rings. The van der Waals surface area contributed by atoms with Crippen LogP contribution in [-0.4, -0.2) is 112 Å². The summed E-state index contributed by atoms with van der Waals surface area (Å²) in [6.07, 6.45) is 6.41. The fourth-order valence-electron chi connectivity index (χ4n) is 9.81. The van der Waals surface area contributed by atoms with Crippen molar-refractivity contribution in [3.05, 3.63) is 119 Å². The third-order valence-corrected chi connectivity index (χ3v) is 13.5. The molecular weight excluding hydrogens is 809 g/mol. The van der Waals surface area contributed by atoms with E-state index in [1.165, 1.54) is 11.1 Å². The van der Waals surface area contributed by atoms with Crippen molar-refractivity contribution in [2.75, 3.05) is 76.4 Å². The standard InChI is InChI=1S/C52H62N4O8/c1-53-45-15-9-17-47(43(45)19-21-49(53)57)61-35-41(33-55-27-23-39(24-28-55)31-37-11-5-3-6-12-37)63-51(59)52(60)64-42(34-56-29-25-40(26-30-56)32-38-13-7-4-8-14-38)36-62-48-18-10-16-46-44(48)20-22-50(58)54(46)2/h3-18,39-42H,19-36H2,1-2H3. The Morgan fingerprint density at radius 3 is 1.31 bits per heavy atom. The second kappa shape index (κ2) is 21.3. The molecule has 4 aliphatic rings. The van der Waals surface area contributed by atoms with Gasteiger partial charge < -0.3 is 28.7 Å². The molecule has 0 spiro atoms. The molecule has 0 aromatic heterocycles. The number of nitrogens with zero attached hydrogens (tertiary/aromatic N) is 4. The smallest absolute Gasteiger partial charge is 0.417 e. The van der Waals surface area contributed by atoms with Gasteiger partial charge >= 0.3 is 11.9 Å². The SMILES string of the molecule is CN1C(=O)CCc2c(OCC(CN3CCC(Cc4ccccc4)CC3)OC(=O)C(=O)OC(COc3cccc4c3CCC(=O)N4C)CN3CCC(Cc4ccccc4)CC3)cccc21. The summed E-state index contributed by atoms with van der Waals surface area (Å²) in [7, 11) is 3.53. The lowest BCUT2D eigenvalue weighted by molar-refractivity contribution is -0.177. The summed E-state index contributed by atoms with van der Waals surface area (Å²) in [5, 5.41) is 0. The Balaban J connectivity index is 0.939. The van der Waals surface area contributed by atoms with Gasteiger partial charge in [0.1, 0.15) is 36.9 Å². The van der Waals surface area contributed by atoms with Gasteiger partial charge in [-0.05, 0) is 125 Å². The number of anilines is 2. The number of benzene rings is 4. The van der Waals surface area contributed by atoms with Crippen LogP contribution in [0.1, 0.15) is 60.8 Å². The normalized spacial score (nSPS) is 18.5. The minimum atomic E-state index is -1.07. The highest BCUT2D eigenvalue weighted by atomic mass is 16.6. The molecule has 8 rings (SSSR count). The topological polar surface area (TPSA) is 118 Å². The van der Waals surface area contributed by atoms with E-state index >= 15 is 0 Å². The van der Waals surface area contributed by atoms with E-state index in [1.807, 2.05) is 48.5 Å². The van der Waals surface area contributed by atoms with Crippen LogP contribution in [0.15, 0.2) is 97.1 Å². The number of carbonyl (C=O) groups is 4. The molecule has 4 aliphatic heterocycles. The third-order valence-electron chi connectivity index (χ3n) is 13.5. The first-order valence-electron chi connectivity index (χ1n) is 23.1. The van der Waals surface area contributed by atoms with Gasteiger partial charge in [0, 0.05) is 51.2 Å². The highest BCUT2D eigenvalue weighted by Crippen LogP contribution is 2.36. The Kier molecular flexibility index (Phi) is 14.9. The van der Waals surface area contributed by atoms with Crippen molar-refractivity contribution in [3.63, 3.8) is 0 Å². The Hall–Kier alpha value is -5.72. The van der Waals surface area contributed by atoms with Crippen molar-refractivity contribution < 1.29 is 38.1 Å². The number of likely N-dealkylation sites (tertiary alicyclic amines) is 2. The lowest BCUT2D eigenvalue weighted by atomic mass is 9.90. The van der Waals surface area contributed by atoms with Gasteiger partial charge in [-0.15, -0.1) is 0 Å². The summed E-state index contributed by atoms with van der Waals surface area (Å²) in [5.74, 6) is 0.327. The lowest BCUT2D eigenvalue weighted by Gasteiger charge is -2.35. The van der Waals surface area contributed by atoms with Gasteiger partial charge in [0.15, 0.2) is 0 Å². The number of fused-ring (bicyclic) bond motifs is 2. The number of hydrogen-bond donors (Lipinski definition) is 0. The second-order valence-corrected chi connectivity index (χ2v) is 18.0. The summed E-state index contributed by atoms with van der Waals surface area (Å²) in [5.41, 5.74) is 6.14. The van der Waals surface area contributed by atoms with E-state index in [1.54, 1.807) is 23.9 Å². The van der Waals surface area contributed by atoms with Crippen LogP contribution in [-0.2, 0) is 54.3 Å². The van der Waals surface area contributed by atoms with E-state index < -0.39 is 24.1 Å². The predicted molar refractivity (Wildman–Crippen MR) is 246 cm³/mol. The van der Waals surface area contributed by atoms with E-state index in [0.29, 0.717) is 62.1 Å². The number of ether oxygens (including phenoxy) is 4. The van der Waals surface area contributed by atoms with Crippen molar-refractivity contribution in [2.24, 2.45) is 11.8 Å². The van der Waals surface area contributed by atoms with Crippen LogP contribution in [0.5, 0.6) is 11.5 Å². The predicted octanol–water partition coefficient (Wildman–Crippen LogP) is 6.70. The molecule has 0 N–H and O–H groups in total. The van der Waals surface area contributed by atoms with Crippen LogP contribution in [0.4, 0.5) is 11.4 Å². The maximum Gasteiger partial charge on any atom is 0.417 e. The number of carbonyl (C=O) groups excluding carboxylic acids is 4. The Labute approximate surface area is 377 Å². The van der Waals surface area contributed by atoms with Crippen LogP contribution in [0, 0.1) is 11.8 Å². The van der Waals surface area contributed by atoms with Crippen LogP contribution in [0.3, 0.4) is 0 Å². The molecule has 4 heterocycles. The van der Waals surface area contributed by atoms with Gasteiger partial charge in [0.25, 0.3) is 0 Å². The van der Waals surface area contributed by atoms with Crippen molar-refractivity contribution in [1.29, 1.82) is 0 Å².